The molecule has 38 valence electrons. The molecule has 1 rings (SSSR count). The molecule has 3 heteroatoms. The van der Waals surface area contributed by atoms with Gasteiger partial charge in [0, 0.05) is 0 Å². The van der Waals surface area contributed by atoms with E-state index in [1.807, 2.05) is 0 Å². The second kappa shape index (κ2) is 1.33. The third kappa shape index (κ3) is 0.607. The van der Waals surface area contributed by atoms with Crippen LogP contribution in [0, 0.1) is 0 Å². The highest BCUT2D eigenvalue weighted by Gasteiger charge is 2.12. The molecule has 1 heterocycles. The molecular formula is C4H6N2O. The van der Waals surface area contributed by atoms with Gasteiger partial charge >= 0.3 is 0 Å². The molecule has 1 atom stereocenters. The minimum Gasteiger partial charge on any atom is -0.315 e. The van der Waals surface area contributed by atoms with Crippen LogP contribution in [-0.2, 0) is 4.79 Å². The highest BCUT2D eigenvalue weighted by Crippen LogP contribution is 1.90. The van der Waals surface area contributed by atoms with Gasteiger partial charge in [0.2, 0.25) is 5.91 Å². The third-order valence-corrected chi connectivity index (χ3v) is 0.884. The molecule has 0 radical (unpaired) electrons. The molecule has 0 spiro atoms. The van der Waals surface area contributed by atoms with Gasteiger partial charge in [0.05, 0.1) is 6.34 Å². The molecule has 0 aromatic heterocycles. The maximum atomic E-state index is 10.3. The van der Waals surface area contributed by atoms with Gasteiger partial charge in [0.15, 0.2) is 0 Å². The topological polar surface area (TPSA) is 41.5 Å². The number of nitrogens with one attached hydrogen (secondary N) is 1. The fraction of sp³-hybridized carbons (Fsp3) is 0.500. The molecule has 0 saturated carbocycles. The zero-order chi connectivity index (χ0) is 5.28. The Kier molecular flexibility index (Phi) is 0.817. The van der Waals surface area contributed by atoms with E-state index in [1.165, 1.54) is 6.34 Å². The highest BCUT2D eigenvalue weighted by molar-refractivity contribution is 5.96. The van der Waals surface area contributed by atoms with Crippen molar-refractivity contribution in [2.45, 2.75) is 13.0 Å². The predicted molar refractivity (Wildman–Crippen MR) is 26.1 cm³/mol. The first-order chi connectivity index (χ1) is 3.30. The first kappa shape index (κ1) is 4.30. The molecule has 1 N–H and O–H groups in total. The van der Waals surface area contributed by atoms with E-state index in [1.54, 1.807) is 6.92 Å². The molecule has 0 aromatic rings. The monoisotopic (exact) mass is 98.0 g/mol. The average Bonchev–Trinajstić information content (AvgIpc) is 1.91. The fourth-order valence-corrected chi connectivity index (χ4v) is 0.401. The summed E-state index contributed by atoms with van der Waals surface area (Å²) in [7, 11) is 0. The summed E-state index contributed by atoms with van der Waals surface area (Å²) in [5.74, 6) is -0.0139. The van der Waals surface area contributed by atoms with Crippen molar-refractivity contribution >= 4 is 12.2 Å². The Hall–Kier alpha value is -0.860. The van der Waals surface area contributed by atoms with E-state index in [9.17, 15) is 4.79 Å². The molecule has 0 bridgehead atoms. The summed E-state index contributed by atoms with van der Waals surface area (Å²) in [4.78, 5) is 14.1. The van der Waals surface area contributed by atoms with Crippen molar-refractivity contribution in [1.29, 1.82) is 0 Å². The van der Waals surface area contributed by atoms with Crippen molar-refractivity contribution in [3.63, 3.8) is 0 Å². The molecule has 0 fully saturated rings. The predicted octanol–water partition coefficient (Wildman–Crippen LogP) is -0.467. The zero-order valence-electron chi connectivity index (χ0n) is 4.01. The Morgan fingerprint density at radius 2 is 2.71 bits per heavy atom. The summed E-state index contributed by atoms with van der Waals surface area (Å²) < 4.78 is 0. The lowest BCUT2D eigenvalue weighted by molar-refractivity contribution is -0.119. The van der Waals surface area contributed by atoms with Gasteiger partial charge in [-0.05, 0) is 6.92 Å². The minimum atomic E-state index is -0.167. The number of hydrogen-bond acceptors (Lipinski definition) is 2. The Balaban J connectivity index is 2.62. The summed E-state index contributed by atoms with van der Waals surface area (Å²) in [6.45, 7) is 1.75. The van der Waals surface area contributed by atoms with Crippen LogP contribution in [0.25, 0.3) is 0 Å². The first-order valence-corrected chi connectivity index (χ1v) is 2.13. The Morgan fingerprint density at radius 3 is 2.86 bits per heavy atom. The third-order valence-electron chi connectivity index (χ3n) is 0.884. The number of carbonyl (C=O) groups excluding carboxylic acids is 1. The van der Waals surface area contributed by atoms with Crippen molar-refractivity contribution in [1.82, 2.24) is 5.32 Å². The van der Waals surface area contributed by atoms with Gasteiger partial charge in [-0.15, -0.1) is 0 Å². The number of carbonyl (C=O) groups is 1. The molecule has 3 nitrogen and oxygen atoms in total. The summed E-state index contributed by atoms with van der Waals surface area (Å²) >= 11 is 0. The number of amides is 1. The maximum absolute atomic E-state index is 10.3. The van der Waals surface area contributed by atoms with Crippen LogP contribution in [0.15, 0.2) is 4.99 Å². The van der Waals surface area contributed by atoms with E-state index in [0.717, 1.165) is 0 Å². The van der Waals surface area contributed by atoms with Gasteiger partial charge in [0.25, 0.3) is 0 Å². The molecule has 1 unspecified atom stereocenters. The van der Waals surface area contributed by atoms with E-state index in [4.69, 9.17) is 0 Å². The van der Waals surface area contributed by atoms with Crippen LogP contribution in [0.1, 0.15) is 6.92 Å². The van der Waals surface area contributed by atoms with Crippen molar-refractivity contribution in [3.05, 3.63) is 0 Å². The SMILES string of the molecule is CC1N=CNC1=O. The summed E-state index contributed by atoms with van der Waals surface area (Å²) in [5.41, 5.74) is 0. The van der Waals surface area contributed by atoms with Crippen LogP contribution in [0.2, 0.25) is 0 Å². The molecule has 1 amide bonds. The fourth-order valence-electron chi connectivity index (χ4n) is 0.401. The number of nitrogens with zero attached hydrogens (tertiary/aromatic N) is 1. The van der Waals surface area contributed by atoms with Crippen LogP contribution in [0.3, 0.4) is 0 Å². The smallest absolute Gasteiger partial charge is 0.249 e. The van der Waals surface area contributed by atoms with E-state index in [2.05, 4.69) is 10.3 Å². The highest BCUT2D eigenvalue weighted by atomic mass is 16.2. The van der Waals surface area contributed by atoms with Crippen molar-refractivity contribution < 1.29 is 4.79 Å². The lowest BCUT2D eigenvalue weighted by atomic mass is 10.4. The Labute approximate surface area is 41.4 Å². The summed E-state index contributed by atoms with van der Waals surface area (Å²) in [6, 6.07) is -0.167. The maximum Gasteiger partial charge on any atom is 0.249 e. The van der Waals surface area contributed by atoms with Crippen LogP contribution in [0.5, 0.6) is 0 Å². The summed E-state index contributed by atoms with van der Waals surface area (Å²) in [6.07, 6.45) is 1.42. The van der Waals surface area contributed by atoms with Crippen LogP contribution in [-0.4, -0.2) is 18.3 Å². The van der Waals surface area contributed by atoms with Crippen molar-refractivity contribution in [2.75, 3.05) is 0 Å². The zero-order valence-corrected chi connectivity index (χ0v) is 4.01. The molecular weight excluding hydrogens is 92.1 g/mol. The number of rotatable bonds is 0. The van der Waals surface area contributed by atoms with Crippen molar-refractivity contribution in [2.24, 2.45) is 4.99 Å². The standard InChI is InChI=1S/C4H6N2O/c1-3-4(7)6-2-5-3/h2-3H,1H3,(H,5,6,7). The first-order valence-electron chi connectivity index (χ1n) is 2.13. The average molecular weight is 98.1 g/mol. The molecule has 0 aliphatic carbocycles. The largest absolute Gasteiger partial charge is 0.315 e. The lowest BCUT2D eigenvalue weighted by Gasteiger charge is -1.88. The molecule has 0 aromatic carbocycles. The second-order valence-electron chi connectivity index (χ2n) is 1.46. The van der Waals surface area contributed by atoms with Crippen LogP contribution in [0.4, 0.5) is 0 Å². The van der Waals surface area contributed by atoms with E-state index in [-0.39, 0.29) is 11.9 Å². The number of hydrogen-bond donors (Lipinski definition) is 1. The molecule has 0 saturated heterocycles. The second-order valence-corrected chi connectivity index (χ2v) is 1.46. The Bertz CT molecular complexity index is 119. The van der Waals surface area contributed by atoms with E-state index < -0.39 is 0 Å². The molecule has 7 heavy (non-hydrogen) atoms. The van der Waals surface area contributed by atoms with E-state index in [0.29, 0.717) is 0 Å². The van der Waals surface area contributed by atoms with Gasteiger partial charge in [-0.1, -0.05) is 0 Å². The molecule has 1 aliphatic heterocycles. The van der Waals surface area contributed by atoms with Gasteiger partial charge in [0.1, 0.15) is 6.04 Å². The van der Waals surface area contributed by atoms with Crippen LogP contribution < -0.4 is 5.32 Å². The van der Waals surface area contributed by atoms with Gasteiger partial charge in [-0.25, -0.2) is 0 Å². The minimum absolute atomic E-state index is 0.0139. The van der Waals surface area contributed by atoms with Gasteiger partial charge < -0.3 is 5.32 Å². The quantitative estimate of drug-likeness (QED) is 0.437. The van der Waals surface area contributed by atoms with E-state index >= 15 is 0 Å². The normalized spacial score (nSPS) is 28.1. The molecule has 1 aliphatic rings. The van der Waals surface area contributed by atoms with Gasteiger partial charge in [-0.3, -0.25) is 9.79 Å². The number of aliphatic imine (C=N–C) groups is 1. The van der Waals surface area contributed by atoms with Crippen molar-refractivity contribution in [3.8, 4) is 0 Å². The van der Waals surface area contributed by atoms with Gasteiger partial charge in [-0.2, -0.15) is 0 Å². The summed E-state index contributed by atoms with van der Waals surface area (Å²) in [5, 5.41) is 2.44. The van der Waals surface area contributed by atoms with Crippen LogP contribution >= 0.6 is 0 Å². The lowest BCUT2D eigenvalue weighted by Crippen LogP contribution is -2.21. The Morgan fingerprint density at radius 1 is 2.00 bits per heavy atom.